The van der Waals surface area contributed by atoms with Gasteiger partial charge in [0.25, 0.3) is 5.89 Å². The first kappa shape index (κ1) is 18.4. The number of carbonyl (C=O) groups excluding carboxylic acids is 1. The minimum Gasteiger partial charge on any atom is -0.465 e. The molecule has 4 rings (SSSR count). The quantitative estimate of drug-likeness (QED) is 0.349. The second-order valence-electron chi connectivity index (χ2n) is 5.72. The van der Waals surface area contributed by atoms with Gasteiger partial charge in [-0.2, -0.15) is 4.98 Å². The molecule has 8 nitrogen and oxygen atoms in total. The van der Waals surface area contributed by atoms with Crippen molar-refractivity contribution in [3.63, 3.8) is 0 Å². The number of benzene rings is 1. The van der Waals surface area contributed by atoms with Gasteiger partial charge >= 0.3 is 5.97 Å². The fourth-order valence-corrected chi connectivity index (χ4v) is 4.02. The Morgan fingerprint density at radius 2 is 2.18 bits per heavy atom. The summed E-state index contributed by atoms with van der Waals surface area (Å²) >= 11 is 3.09. The number of carbonyl (C=O) groups is 1. The van der Waals surface area contributed by atoms with Gasteiger partial charge in [-0.3, -0.25) is 0 Å². The maximum Gasteiger partial charge on any atom is 0.337 e. The molecule has 0 aliphatic carbocycles. The predicted molar refractivity (Wildman–Crippen MR) is 105 cm³/mol. The van der Waals surface area contributed by atoms with Crippen LogP contribution in [0.1, 0.15) is 16.2 Å². The van der Waals surface area contributed by atoms with E-state index >= 15 is 0 Å². The first-order valence-electron chi connectivity index (χ1n) is 8.23. The zero-order chi connectivity index (χ0) is 19.5. The molecule has 0 fully saturated rings. The minimum absolute atomic E-state index is 0.346. The predicted octanol–water partition coefficient (Wildman–Crippen LogP) is 3.67. The van der Waals surface area contributed by atoms with Crippen LogP contribution >= 0.6 is 23.1 Å². The summed E-state index contributed by atoms with van der Waals surface area (Å²) in [6, 6.07) is 10.9. The fraction of sp³-hybridized carbons (Fsp3) is 0.167. The van der Waals surface area contributed by atoms with Gasteiger partial charge in [-0.05, 0) is 29.6 Å². The van der Waals surface area contributed by atoms with Crippen LogP contribution < -0.4 is 0 Å². The van der Waals surface area contributed by atoms with E-state index in [1.165, 1.54) is 18.9 Å². The summed E-state index contributed by atoms with van der Waals surface area (Å²) in [5.41, 5.74) is 1.08. The number of aromatic nitrogens is 5. The molecular weight excluding hydrogens is 398 g/mol. The summed E-state index contributed by atoms with van der Waals surface area (Å²) in [4.78, 5) is 17.1. The third kappa shape index (κ3) is 3.69. The SMILES string of the molecule is COC(=O)c1cccc(-c2nc(CSc3nnc(-c4cccs4)n3C)no2)c1. The van der Waals surface area contributed by atoms with Crippen molar-refractivity contribution in [2.24, 2.45) is 7.05 Å². The van der Waals surface area contributed by atoms with Crippen molar-refractivity contribution in [2.45, 2.75) is 10.9 Å². The maximum atomic E-state index is 11.7. The van der Waals surface area contributed by atoms with Crippen LogP contribution in [0.15, 0.2) is 51.5 Å². The summed E-state index contributed by atoms with van der Waals surface area (Å²) in [5, 5.41) is 15.3. The topological polar surface area (TPSA) is 95.9 Å². The third-order valence-corrected chi connectivity index (χ3v) is 5.79. The van der Waals surface area contributed by atoms with Crippen LogP contribution in [0.3, 0.4) is 0 Å². The molecule has 10 heteroatoms. The molecule has 0 amide bonds. The van der Waals surface area contributed by atoms with Gasteiger partial charge in [0.05, 0.1) is 23.3 Å². The average Bonchev–Trinajstić information content (AvgIpc) is 3.47. The van der Waals surface area contributed by atoms with E-state index in [1.807, 2.05) is 29.1 Å². The van der Waals surface area contributed by atoms with Gasteiger partial charge < -0.3 is 13.8 Å². The monoisotopic (exact) mass is 413 g/mol. The lowest BCUT2D eigenvalue weighted by Crippen LogP contribution is -2.00. The van der Waals surface area contributed by atoms with Crippen LogP contribution in [0, 0.1) is 0 Å². The number of hydrogen-bond acceptors (Lipinski definition) is 9. The largest absolute Gasteiger partial charge is 0.465 e. The second-order valence-corrected chi connectivity index (χ2v) is 7.61. The van der Waals surface area contributed by atoms with E-state index in [4.69, 9.17) is 9.26 Å². The molecule has 28 heavy (non-hydrogen) atoms. The summed E-state index contributed by atoms with van der Waals surface area (Å²) in [5.74, 6) is 1.77. The van der Waals surface area contributed by atoms with E-state index < -0.39 is 5.97 Å². The van der Waals surface area contributed by atoms with Gasteiger partial charge in [-0.1, -0.05) is 29.1 Å². The standard InChI is InChI=1S/C18H15N5O3S2/c1-23-15(13-7-4-8-27-13)20-21-18(23)28-10-14-19-16(26-22-14)11-5-3-6-12(9-11)17(24)25-2/h3-9H,10H2,1-2H3. The van der Waals surface area contributed by atoms with Crippen LogP contribution in [-0.4, -0.2) is 38.0 Å². The van der Waals surface area contributed by atoms with E-state index in [0.717, 1.165) is 15.9 Å². The molecule has 0 aliphatic rings. The number of hydrogen-bond donors (Lipinski definition) is 0. The zero-order valence-electron chi connectivity index (χ0n) is 15.0. The van der Waals surface area contributed by atoms with Crippen molar-refractivity contribution < 1.29 is 14.1 Å². The average molecular weight is 413 g/mol. The molecule has 0 saturated carbocycles. The second kappa shape index (κ2) is 7.95. The number of nitrogens with zero attached hydrogens (tertiary/aromatic N) is 5. The van der Waals surface area contributed by atoms with Crippen molar-refractivity contribution in [1.82, 2.24) is 24.9 Å². The highest BCUT2D eigenvalue weighted by Gasteiger charge is 2.15. The zero-order valence-corrected chi connectivity index (χ0v) is 16.7. The maximum absolute atomic E-state index is 11.7. The lowest BCUT2D eigenvalue weighted by Gasteiger charge is -2.00. The molecule has 0 N–H and O–H groups in total. The third-order valence-electron chi connectivity index (χ3n) is 3.91. The Morgan fingerprint density at radius 1 is 1.29 bits per heavy atom. The normalized spacial score (nSPS) is 10.9. The Balaban J connectivity index is 1.47. The minimum atomic E-state index is -0.416. The molecular formula is C18H15N5O3S2. The summed E-state index contributed by atoms with van der Waals surface area (Å²) in [6.07, 6.45) is 0. The Morgan fingerprint density at radius 3 is 2.96 bits per heavy atom. The molecule has 0 saturated heterocycles. The van der Waals surface area contributed by atoms with Crippen LogP contribution in [0.4, 0.5) is 0 Å². The van der Waals surface area contributed by atoms with Crippen LogP contribution in [0.5, 0.6) is 0 Å². The highest BCUT2D eigenvalue weighted by atomic mass is 32.2. The van der Waals surface area contributed by atoms with Crippen LogP contribution in [0.2, 0.25) is 0 Å². The van der Waals surface area contributed by atoms with E-state index in [1.54, 1.807) is 35.6 Å². The van der Waals surface area contributed by atoms with Gasteiger partial charge in [-0.15, -0.1) is 21.5 Å². The first-order chi connectivity index (χ1) is 13.7. The summed E-state index contributed by atoms with van der Waals surface area (Å²) < 4.78 is 12.0. The summed E-state index contributed by atoms with van der Waals surface area (Å²) in [7, 11) is 3.27. The Labute approximate surface area is 168 Å². The van der Waals surface area contributed by atoms with Gasteiger partial charge in [0.2, 0.25) is 0 Å². The van der Waals surface area contributed by atoms with Crippen molar-refractivity contribution >= 4 is 29.1 Å². The molecule has 3 aromatic heterocycles. The molecule has 4 aromatic rings. The lowest BCUT2D eigenvalue weighted by molar-refractivity contribution is 0.0601. The Hall–Kier alpha value is -2.98. The first-order valence-corrected chi connectivity index (χ1v) is 10.1. The molecule has 0 bridgehead atoms. The molecule has 0 unspecified atom stereocenters. The van der Waals surface area contributed by atoms with E-state index in [9.17, 15) is 4.79 Å². The molecule has 3 heterocycles. The molecule has 0 radical (unpaired) electrons. The lowest BCUT2D eigenvalue weighted by atomic mass is 10.1. The van der Waals surface area contributed by atoms with Crippen molar-refractivity contribution in [2.75, 3.05) is 7.11 Å². The van der Waals surface area contributed by atoms with Crippen LogP contribution in [-0.2, 0) is 17.5 Å². The Bertz CT molecular complexity index is 1100. The molecule has 0 spiro atoms. The van der Waals surface area contributed by atoms with Gasteiger partial charge in [0.1, 0.15) is 0 Å². The number of methoxy groups -OCH3 is 1. The molecule has 0 aliphatic heterocycles. The number of ether oxygens (including phenoxy) is 1. The Kier molecular flexibility index (Phi) is 5.22. The smallest absolute Gasteiger partial charge is 0.337 e. The van der Waals surface area contributed by atoms with Crippen molar-refractivity contribution in [1.29, 1.82) is 0 Å². The van der Waals surface area contributed by atoms with Gasteiger partial charge in [0, 0.05) is 12.6 Å². The molecule has 1 aromatic carbocycles. The highest BCUT2D eigenvalue weighted by Crippen LogP contribution is 2.28. The fourth-order valence-electron chi connectivity index (χ4n) is 2.52. The van der Waals surface area contributed by atoms with E-state index in [0.29, 0.717) is 28.6 Å². The number of thioether (sulfide) groups is 1. The van der Waals surface area contributed by atoms with Crippen molar-refractivity contribution in [3.8, 4) is 22.2 Å². The molecule has 142 valence electrons. The van der Waals surface area contributed by atoms with Crippen molar-refractivity contribution in [3.05, 3.63) is 53.2 Å². The van der Waals surface area contributed by atoms with E-state index in [2.05, 4.69) is 20.3 Å². The van der Waals surface area contributed by atoms with E-state index in [-0.39, 0.29) is 0 Å². The molecule has 0 atom stereocenters. The van der Waals surface area contributed by atoms with Crippen LogP contribution in [0.25, 0.3) is 22.2 Å². The van der Waals surface area contributed by atoms with Gasteiger partial charge in [-0.25, -0.2) is 4.79 Å². The summed E-state index contributed by atoms with van der Waals surface area (Å²) in [6.45, 7) is 0. The number of thiophene rings is 1. The number of rotatable bonds is 6. The highest BCUT2D eigenvalue weighted by molar-refractivity contribution is 7.98. The van der Waals surface area contributed by atoms with Gasteiger partial charge in [0.15, 0.2) is 16.8 Å². The number of esters is 1.